The second-order valence-corrected chi connectivity index (χ2v) is 3.73. The Morgan fingerprint density at radius 1 is 1.35 bits per heavy atom. The molecule has 1 aromatic rings. The molecule has 17 heavy (non-hydrogen) atoms. The predicted octanol–water partition coefficient (Wildman–Crippen LogP) is 1.75. The normalized spacial score (nSPS) is 12.2. The van der Waals surface area contributed by atoms with Crippen molar-refractivity contribution in [2.75, 3.05) is 13.6 Å². The fourth-order valence-corrected chi connectivity index (χ4v) is 1.55. The lowest BCUT2D eigenvalue weighted by atomic mass is 10.1. The smallest absolute Gasteiger partial charge is 0.221 e. The molecule has 0 saturated heterocycles. The SMILES string of the molecule is CNC(=O)CCNC(C)c1c(F)cccc1F. The van der Waals surface area contributed by atoms with Gasteiger partial charge in [0.1, 0.15) is 11.6 Å². The Bertz CT molecular complexity index is 376. The maximum Gasteiger partial charge on any atom is 0.221 e. The number of carbonyl (C=O) groups is 1. The molecule has 0 spiro atoms. The number of hydrogen-bond donors (Lipinski definition) is 2. The van der Waals surface area contributed by atoms with Crippen molar-refractivity contribution in [1.82, 2.24) is 10.6 Å². The van der Waals surface area contributed by atoms with E-state index in [9.17, 15) is 13.6 Å². The summed E-state index contributed by atoms with van der Waals surface area (Å²) in [5, 5.41) is 5.38. The molecule has 0 bridgehead atoms. The van der Waals surface area contributed by atoms with Crippen LogP contribution in [-0.2, 0) is 4.79 Å². The molecule has 0 saturated carbocycles. The first kappa shape index (κ1) is 13.6. The third-order valence-corrected chi connectivity index (χ3v) is 2.51. The lowest BCUT2D eigenvalue weighted by molar-refractivity contribution is -0.120. The molecule has 0 radical (unpaired) electrons. The Hall–Kier alpha value is -1.49. The predicted molar refractivity (Wildman–Crippen MR) is 61.5 cm³/mol. The number of carbonyl (C=O) groups excluding carboxylic acids is 1. The number of halogens is 2. The highest BCUT2D eigenvalue weighted by atomic mass is 19.1. The highest BCUT2D eigenvalue weighted by molar-refractivity contribution is 5.75. The van der Waals surface area contributed by atoms with Crippen molar-refractivity contribution in [2.24, 2.45) is 0 Å². The minimum Gasteiger partial charge on any atom is -0.359 e. The van der Waals surface area contributed by atoms with Crippen LogP contribution in [0.2, 0.25) is 0 Å². The standard InChI is InChI=1S/C12H16F2N2O/c1-8(16-7-6-11(17)15-2)12-9(13)4-3-5-10(12)14/h3-5,8,16H,6-7H2,1-2H3,(H,15,17). The summed E-state index contributed by atoms with van der Waals surface area (Å²) < 4.78 is 26.8. The fourth-order valence-electron chi connectivity index (χ4n) is 1.55. The first-order chi connectivity index (χ1) is 8.06. The van der Waals surface area contributed by atoms with E-state index < -0.39 is 17.7 Å². The summed E-state index contributed by atoms with van der Waals surface area (Å²) in [6, 6.07) is 3.29. The number of hydrogen-bond acceptors (Lipinski definition) is 2. The molecule has 0 aliphatic rings. The summed E-state index contributed by atoms with van der Waals surface area (Å²) in [6.45, 7) is 2.03. The van der Waals surface area contributed by atoms with Gasteiger partial charge in [-0.15, -0.1) is 0 Å². The molecule has 0 aromatic heterocycles. The van der Waals surface area contributed by atoms with Gasteiger partial charge >= 0.3 is 0 Å². The van der Waals surface area contributed by atoms with Gasteiger partial charge in [0.05, 0.1) is 0 Å². The first-order valence-corrected chi connectivity index (χ1v) is 5.44. The van der Waals surface area contributed by atoms with E-state index in [2.05, 4.69) is 10.6 Å². The fraction of sp³-hybridized carbons (Fsp3) is 0.417. The number of rotatable bonds is 5. The number of amides is 1. The Labute approximate surface area is 99.2 Å². The molecule has 1 amide bonds. The van der Waals surface area contributed by atoms with Crippen LogP contribution in [0.5, 0.6) is 0 Å². The Kier molecular flexibility index (Phi) is 5.03. The third kappa shape index (κ3) is 3.78. The summed E-state index contributed by atoms with van der Waals surface area (Å²) in [7, 11) is 1.54. The topological polar surface area (TPSA) is 41.1 Å². The van der Waals surface area contributed by atoms with E-state index in [1.54, 1.807) is 14.0 Å². The van der Waals surface area contributed by atoms with Crippen molar-refractivity contribution < 1.29 is 13.6 Å². The Balaban J connectivity index is 2.58. The van der Waals surface area contributed by atoms with Crippen molar-refractivity contribution in [2.45, 2.75) is 19.4 Å². The quantitative estimate of drug-likeness (QED) is 0.826. The zero-order valence-corrected chi connectivity index (χ0v) is 9.89. The third-order valence-electron chi connectivity index (χ3n) is 2.51. The summed E-state index contributed by atoms with van der Waals surface area (Å²) >= 11 is 0. The largest absolute Gasteiger partial charge is 0.359 e. The van der Waals surface area contributed by atoms with Gasteiger partial charge in [0, 0.05) is 31.6 Å². The average Bonchev–Trinajstić information content (AvgIpc) is 2.28. The molecule has 1 rings (SSSR count). The highest BCUT2D eigenvalue weighted by Gasteiger charge is 2.15. The molecule has 3 nitrogen and oxygen atoms in total. The highest BCUT2D eigenvalue weighted by Crippen LogP contribution is 2.19. The van der Waals surface area contributed by atoms with Gasteiger partial charge in [-0.25, -0.2) is 8.78 Å². The van der Waals surface area contributed by atoms with Crippen LogP contribution in [0.4, 0.5) is 8.78 Å². The minimum atomic E-state index is -0.579. The van der Waals surface area contributed by atoms with Crippen LogP contribution >= 0.6 is 0 Å². The van der Waals surface area contributed by atoms with E-state index in [1.165, 1.54) is 18.2 Å². The molecule has 1 atom stereocenters. The van der Waals surface area contributed by atoms with Crippen molar-refractivity contribution in [1.29, 1.82) is 0 Å². The first-order valence-electron chi connectivity index (χ1n) is 5.44. The van der Waals surface area contributed by atoms with E-state index in [0.717, 1.165) is 0 Å². The van der Waals surface area contributed by atoms with Crippen molar-refractivity contribution in [3.05, 3.63) is 35.4 Å². The lowest BCUT2D eigenvalue weighted by Gasteiger charge is -2.15. The van der Waals surface area contributed by atoms with Gasteiger partial charge in [-0.1, -0.05) is 6.07 Å². The van der Waals surface area contributed by atoms with Crippen LogP contribution in [0.25, 0.3) is 0 Å². The van der Waals surface area contributed by atoms with Gasteiger partial charge in [0.2, 0.25) is 5.91 Å². The van der Waals surface area contributed by atoms with Crippen molar-refractivity contribution >= 4 is 5.91 Å². The Morgan fingerprint density at radius 3 is 2.47 bits per heavy atom. The van der Waals surface area contributed by atoms with E-state index in [0.29, 0.717) is 6.54 Å². The van der Waals surface area contributed by atoms with Crippen LogP contribution in [-0.4, -0.2) is 19.5 Å². The molecular formula is C12H16F2N2O. The van der Waals surface area contributed by atoms with Crippen LogP contribution < -0.4 is 10.6 Å². The van der Waals surface area contributed by atoms with Crippen molar-refractivity contribution in [3.8, 4) is 0 Å². The second-order valence-electron chi connectivity index (χ2n) is 3.73. The molecule has 0 heterocycles. The molecule has 1 unspecified atom stereocenters. The number of nitrogens with one attached hydrogen (secondary N) is 2. The van der Waals surface area contributed by atoms with Gasteiger partial charge < -0.3 is 10.6 Å². The van der Waals surface area contributed by atoms with E-state index >= 15 is 0 Å². The minimum absolute atomic E-state index is 0.00408. The lowest BCUT2D eigenvalue weighted by Crippen LogP contribution is -2.27. The molecule has 0 fully saturated rings. The van der Waals surface area contributed by atoms with Crippen LogP contribution in [0.3, 0.4) is 0 Å². The van der Waals surface area contributed by atoms with E-state index in [4.69, 9.17) is 0 Å². The zero-order valence-electron chi connectivity index (χ0n) is 9.89. The summed E-state index contributed by atoms with van der Waals surface area (Å²) in [5.41, 5.74) is 0.00408. The van der Waals surface area contributed by atoms with Gasteiger partial charge in [-0.05, 0) is 19.1 Å². The van der Waals surface area contributed by atoms with Gasteiger partial charge in [-0.2, -0.15) is 0 Å². The maximum absolute atomic E-state index is 13.4. The molecule has 94 valence electrons. The van der Waals surface area contributed by atoms with E-state index in [1.807, 2.05) is 0 Å². The number of benzene rings is 1. The van der Waals surface area contributed by atoms with Gasteiger partial charge in [0.15, 0.2) is 0 Å². The maximum atomic E-state index is 13.4. The van der Waals surface area contributed by atoms with Crippen LogP contribution in [0.1, 0.15) is 24.9 Å². The second kappa shape index (κ2) is 6.30. The molecule has 2 N–H and O–H groups in total. The van der Waals surface area contributed by atoms with Gasteiger partial charge in [0.25, 0.3) is 0 Å². The molecule has 0 aliphatic carbocycles. The molecule has 1 aromatic carbocycles. The summed E-state index contributed by atoms with van der Waals surface area (Å²) in [4.78, 5) is 11.0. The van der Waals surface area contributed by atoms with Crippen LogP contribution in [0.15, 0.2) is 18.2 Å². The monoisotopic (exact) mass is 242 g/mol. The van der Waals surface area contributed by atoms with Crippen molar-refractivity contribution in [3.63, 3.8) is 0 Å². The van der Waals surface area contributed by atoms with E-state index in [-0.39, 0.29) is 17.9 Å². The molecular weight excluding hydrogens is 226 g/mol. The summed E-state index contributed by atoms with van der Waals surface area (Å²) in [6.07, 6.45) is 0.275. The van der Waals surface area contributed by atoms with Gasteiger partial charge in [-0.3, -0.25) is 4.79 Å². The zero-order chi connectivity index (χ0) is 12.8. The average molecular weight is 242 g/mol. The summed E-state index contributed by atoms with van der Waals surface area (Å²) in [5.74, 6) is -1.27. The Morgan fingerprint density at radius 2 is 1.94 bits per heavy atom. The molecule has 0 aliphatic heterocycles. The molecule has 5 heteroatoms. The van der Waals surface area contributed by atoms with Crippen LogP contribution in [0, 0.1) is 11.6 Å².